The zero-order chi connectivity index (χ0) is 13.9. The standard InChI is InChI=1S/C16H21N3O/c1-20-13-5-4-8-19(11-13)16-12(9-17)10-18-15-7-3-2-6-14(15)16/h2-3,6-7,10,13H,4-5,8-9,11,17H2,1H3. The lowest BCUT2D eigenvalue weighted by atomic mass is 10.0. The van der Waals surface area contributed by atoms with Crippen molar-refractivity contribution in [3.63, 3.8) is 0 Å². The fourth-order valence-corrected chi connectivity index (χ4v) is 3.02. The predicted molar refractivity (Wildman–Crippen MR) is 81.9 cm³/mol. The molecule has 1 atom stereocenters. The first kappa shape index (κ1) is 13.3. The predicted octanol–water partition coefficient (Wildman–Crippen LogP) is 2.31. The highest BCUT2D eigenvalue weighted by molar-refractivity contribution is 5.93. The minimum Gasteiger partial charge on any atom is -0.380 e. The van der Waals surface area contributed by atoms with Crippen molar-refractivity contribution in [2.45, 2.75) is 25.5 Å². The van der Waals surface area contributed by atoms with E-state index in [1.165, 1.54) is 11.1 Å². The third kappa shape index (κ3) is 2.37. The fraction of sp³-hybridized carbons (Fsp3) is 0.438. The molecule has 4 nitrogen and oxygen atoms in total. The van der Waals surface area contributed by atoms with Gasteiger partial charge in [-0.2, -0.15) is 0 Å². The largest absolute Gasteiger partial charge is 0.380 e. The molecule has 2 heterocycles. The van der Waals surface area contributed by atoms with Crippen LogP contribution in [0.4, 0.5) is 5.69 Å². The van der Waals surface area contributed by atoms with Gasteiger partial charge in [0.2, 0.25) is 0 Å². The van der Waals surface area contributed by atoms with Gasteiger partial charge in [-0.05, 0) is 18.9 Å². The third-order valence-electron chi connectivity index (χ3n) is 4.07. The minimum atomic E-state index is 0.307. The average molecular weight is 271 g/mol. The highest BCUT2D eigenvalue weighted by Crippen LogP contribution is 2.31. The molecular formula is C16H21N3O. The molecule has 2 aromatic rings. The molecule has 1 fully saturated rings. The number of aromatic nitrogens is 1. The first-order valence-electron chi connectivity index (χ1n) is 7.18. The molecule has 0 radical (unpaired) electrons. The summed E-state index contributed by atoms with van der Waals surface area (Å²) in [6.07, 6.45) is 4.50. The zero-order valence-corrected chi connectivity index (χ0v) is 11.9. The summed E-state index contributed by atoms with van der Waals surface area (Å²) in [5.74, 6) is 0. The molecule has 1 aromatic heterocycles. The first-order chi connectivity index (χ1) is 9.83. The van der Waals surface area contributed by atoms with Gasteiger partial charge in [-0.3, -0.25) is 4.98 Å². The lowest BCUT2D eigenvalue weighted by Crippen LogP contribution is -2.40. The molecule has 1 aliphatic rings. The Morgan fingerprint density at radius 3 is 3.05 bits per heavy atom. The molecule has 1 aliphatic heterocycles. The smallest absolute Gasteiger partial charge is 0.0746 e. The second kappa shape index (κ2) is 5.77. The monoisotopic (exact) mass is 271 g/mol. The summed E-state index contributed by atoms with van der Waals surface area (Å²) in [6, 6.07) is 8.27. The number of rotatable bonds is 3. The van der Waals surface area contributed by atoms with Crippen molar-refractivity contribution in [2.75, 3.05) is 25.1 Å². The highest BCUT2D eigenvalue weighted by atomic mass is 16.5. The lowest BCUT2D eigenvalue weighted by Gasteiger charge is -2.35. The van der Waals surface area contributed by atoms with Crippen LogP contribution < -0.4 is 10.6 Å². The molecule has 3 rings (SSSR count). The Hall–Kier alpha value is -1.65. The van der Waals surface area contributed by atoms with Crippen LogP contribution in [0.1, 0.15) is 18.4 Å². The molecule has 0 amide bonds. The Morgan fingerprint density at radius 2 is 2.25 bits per heavy atom. The maximum Gasteiger partial charge on any atom is 0.0746 e. The SMILES string of the molecule is COC1CCCN(c2c(CN)cnc3ccccc23)C1. The van der Waals surface area contributed by atoms with Gasteiger partial charge in [0.1, 0.15) is 0 Å². The molecule has 0 bridgehead atoms. The van der Waals surface area contributed by atoms with Gasteiger partial charge in [0, 0.05) is 43.9 Å². The molecular weight excluding hydrogens is 250 g/mol. The van der Waals surface area contributed by atoms with E-state index in [9.17, 15) is 0 Å². The fourth-order valence-electron chi connectivity index (χ4n) is 3.02. The second-order valence-corrected chi connectivity index (χ2v) is 5.30. The molecule has 2 N–H and O–H groups in total. The van der Waals surface area contributed by atoms with Gasteiger partial charge in [0.05, 0.1) is 17.3 Å². The molecule has 0 aliphatic carbocycles. The van der Waals surface area contributed by atoms with Gasteiger partial charge in [-0.25, -0.2) is 0 Å². The van der Waals surface area contributed by atoms with Crippen LogP contribution in [0.25, 0.3) is 10.9 Å². The first-order valence-corrected chi connectivity index (χ1v) is 7.18. The third-order valence-corrected chi connectivity index (χ3v) is 4.07. The normalized spacial score (nSPS) is 19.5. The number of piperidine rings is 1. The number of nitrogens with two attached hydrogens (primary N) is 1. The maximum absolute atomic E-state index is 5.92. The van der Waals surface area contributed by atoms with Crippen LogP contribution in [0, 0.1) is 0 Å². The number of benzene rings is 1. The molecule has 20 heavy (non-hydrogen) atoms. The van der Waals surface area contributed by atoms with Crippen LogP contribution >= 0.6 is 0 Å². The number of methoxy groups -OCH3 is 1. The average Bonchev–Trinajstić information content (AvgIpc) is 2.53. The van der Waals surface area contributed by atoms with Crippen molar-refractivity contribution >= 4 is 16.6 Å². The summed E-state index contributed by atoms with van der Waals surface area (Å²) in [5, 5.41) is 1.19. The number of para-hydroxylation sites is 1. The Bertz CT molecular complexity index is 599. The van der Waals surface area contributed by atoms with Gasteiger partial charge in [-0.15, -0.1) is 0 Å². The van der Waals surface area contributed by atoms with E-state index in [4.69, 9.17) is 10.5 Å². The number of nitrogens with zero attached hydrogens (tertiary/aromatic N) is 2. The van der Waals surface area contributed by atoms with E-state index in [1.54, 1.807) is 7.11 Å². The van der Waals surface area contributed by atoms with Crippen LogP contribution in [0.15, 0.2) is 30.5 Å². The Morgan fingerprint density at radius 1 is 1.40 bits per heavy atom. The molecule has 0 spiro atoms. The Kier molecular flexibility index (Phi) is 3.85. The van der Waals surface area contributed by atoms with Gasteiger partial charge < -0.3 is 15.4 Å². The van der Waals surface area contributed by atoms with Gasteiger partial charge in [0.15, 0.2) is 0 Å². The minimum absolute atomic E-state index is 0.307. The number of anilines is 1. The van der Waals surface area contributed by atoms with Crippen molar-refractivity contribution in [3.8, 4) is 0 Å². The Balaban J connectivity index is 2.08. The van der Waals surface area contributed by atoms with Gasteiger partial charge in [0.25, 0.3) is 0 Å². The van der Waals surface area contributed by atoms with Crippen molar-refractivity contribution in [3.05, 3.63) is 36.0 Å². The Labute approximate surface area is 119 Å². The van der Waals surface area contributed by atoms with Gasteiger partial charge >= 0.3 is 0 Å². The molecule has 0 saturated carbocycles. The van der Waals surface area contributed by atoms with E-state index in [-0.39, 0.29) is 0 Å². The van der Waals surface area contributed by atoms with E-state index >= 15 is 0 Å². The lowest BCUT2D eigenvalue weighted by molar-refractivity contribution is 0.0894. The van der Waals surface area contributed by atoms with Crippen molar-refractivity contribution in [1.29, 1.82) is 0 Å². The molecule has 1 aromatic carbocycles. The van der Waals surface area contributed by atoms with Crippen molar-refractivity contribution in [2.24, 2.45) is 5.73 Å². The summed E-state index contributed by atoms with van der Waals surface area (Å²) in [4.78, 5) is 6.92. The van der Waals surface area contributed by atoms with E-state index in [1.807, 2.05) is 12.3 Å². The number of hydrogen-bond acceptors (Lipinski definition) is 4. The maximum atomic E-state index is 5.92. The summed E-state index contributed by atoms with van der Waals surface area (Å²) in [7, 11) is 1.79. The summed E-state index contributed by atoms with van der Waals surface area (Å²) < 4.78 is 5.54. The molecule has 1 unspecified atom stereocenters. The summed E-state index contributed by atoms with van der Waals surface area (Å²) in [6.45, 7) is 2.50. The molecule has 106 valence electrons. The highest BCUT2D eigenvalue weighted by Gasteiger charge is 2.23. The quantitative estimate of drug-likeness (QED) is 0.930. The van der Waals surface area contributed by atoms with Crippen LogP contribution in [0.3, 0.4) is 0 Å². The van der Waals surface area contributed by atoms with Crippen molar-refractivity contribution in [1.82, 2.24) is 4.98 Å². The van der Waals surface area contributed by atoms with E-state index in [2.05, 4.69) is 28.1 Å². The number of ether oxygens (including phenoxy) is 1. The van der Waals surface area contributed by atoms with Crippen molar-refractivity contribution < 1.29 is 4.74 Å². The van der Waals surface area contributed by atoms with E-state index in [0.29, 0.717) is 12.6 Å². The summed E-state index contributed by atoms with van der Waals surface area (Å²) >= 11 is 0. The molecule has 1 saturated heterocycles. The second-order valence-electron chi connectivity index (χ2n) is 5.30. The molecule has 4 heteroatoms. The van der Waals surface area contributed by atoms with Crippen LogP contribution in [0.2, 0.25) is 0 Å². The van der Waals surface area contributed by atoms with Crippen LogP contribution in [-0.4, -0.2) is 31.3 Å². The zero-order valence-electron chi connectivity index (χ0n) is 11.9. The number of hydrogen-bond donors (Lipinski definition) is 1. The van der Waals surface area contributed by atoms with Gasteiger partial charge in [-0.1, -0.05) is 18.2 Å². The van der Waals surface area contributed by atoms with E-state index in [0.717, 1.165) is 37.0 Å². The van der Waals surface area contributed by atoms with E-state index < -0.39 is 0 Å². The number of fused-ring (bicyclic) bond motifs is 1. The van der Waals surface area contributed by atoms with Crippen LogP contribution in [0.5, 0.6) is 0 Å². The van der Waals surface area contributed by atoms with Crippen LogP contribution in [-0.2, 0) is 11.3 Å². The number of pyridine rings is 1. The summed E-state index contributed by atoms with van der Waals surface area (Å²) in [5.41, 5.74) is 9.29. The topological polar surface area (TPSA) is 51.4 Å².